The van der Waals surface area contributed by atoms with Gasteiger partial charge < -0.3 is 10.1 Å². The summed E-state index contributed by atoms with van der Waals surface area (Å²) in [7, 11) is 0. The van der Waals surface area contributed by atoms with Crippen molar-refractivity contribution in [2.24, 2.45) is 5.92 Å². The van der Waals surface area contributed by atoms with E-state index < -0.39 is 0 Å². The van der Waals surface area contributed by atoms with E-state index in [2.05, 4.69) is 26.2 Å². The Hall–Kier alpha value is -0.940. The largest absolute Gasteiger partial charge is 0.381 e. The SMILES string of the molecule is Cc1nc(NC(=O)C2CCCOC2)ccc1Br. The molecule has 1 N–H and O–H groups in total. The van der Waals surface area contributed by atoms with Crippen LogP contribution in [0.15, 0.2) is 16.6 Å². The molecule has 0 aromatic carbocycles. The minimum absolute atomic E-state index is 0.000998. The van der Waals surface area contributed by atoms with E-state index in [1.165, 1.54) is 0 Å². The smallest absolute Gasteiger partial charge is 0.230 e. The third-order valence-corrected chi connectivity index (χ3v) is 3.64. The predicted molar refractivity (Wildman–Crippen MR) is 68.8 cm³/mol. The van der Waals surface area contributed by atoms with Gasteiger partial charge in [-0.25, -0.2) is 4.98 Å². The van der Waals surface area contributed by atoms with Crippen LogP contribution in [0.2, 0.25) is 0 Å². The molecule has 4 nitrogen and oxygen atoms in total. The van der Waals surface area contributed by atoms with Gasteiger partial charge in [0.05, 0.1) is 18.2 Å². The maximum atomic E-state index is 11.9. The molecule has 1 amide bonds. The molecule has 0 bridgehead atoms. The Morgan fingerprint density at radius 2 is 2.41 bits per heavy atom. The van der Waals surface area contributed by atoms with Crippen LogP contribution in [0.1, 0.15) is 18.5 Å². The molecule has 92 valence electrons. The monoisotopic (exact) mass is 298 g/mol. The second-order valence-electron chi connectivity index (χ2n) is 4.17. The lowest BCUT2D eigenvalue weighted by atomic mass is 10.0. The zero-order chi connectivity index (χ0) is 12.3. The Balaban J connectivity index is 1.99. The molecule has 1 unspecified atom stereocenters. The molecule has 1 atom stereocenters. The Labute approximate surface area is 109 Å². The van der Waals surface area contributed by atoms with Crippen molar-refractivity contribution in [1.29, 1.82) is 0 Å². The lowest BCUT2D eigenvalue weighted by Gasteiger charge is -2.21. The average molecular weight is 299 g/mol. The lowest BCUT2D eigenvalue weighted by Crippen LogP contribution is -2.30. The summed E-state index contributed by atoms with van der Waals surface area (Å²) in [5.41, 5.74) is 0.864. The molecule has 1 aromatic rings. The average Bonchev–Trinajstić information content (AvgIpc) is 2.35. The molecule has 1 aromatic heterocycles. The molecule has 2 heterocycles. The van der Waals surface area contributed by atoms with Gasteiger partial charge in [-0.3, -0.25) is 4.79 Å². The van der Waals surface area contributed by atoms with Gasteiger partial charge in [-0.05, 0) is 47.8 Å². The minimum atomic E-state index is -0.0468. The highest BCUT2D eigenvalue weighted by Crippen LogP contribution is 2.18. The highest BCUT2D eigenvalue weighted by molar-refractivity contribution is 9.10. The molecular weight excluding hydrogens is 284 g/mol. The normalized spacial score (nSPS) is 20.0. The topological polar surface area (TPSA) is 51.2 Å². The van der Waals surface area contributed by atoms with Crippen LogP contribution in [-0.4, -0.2) is 24.1 Å². The second-order valence-corrected chi connectivity index (χ2v) is 5.02. The highest BCUT2D eigenvalue weighted by atomic mass is 79.9. The van der Waals surface area contributed by atoms with Gasteiger partial charge in [-0.2, -0.15) is 0 Å². The first kappa shape index (κ1) is 12.5. The number of nitrogens with one attached hydrogen (secondary N) is 1. The maximum absolute atomic E-state index is 11.9. The summed E-state index contributed by atoms with van der Waals surface area (Å²) < 4.78 is 6.24. The van der Waals surface area contributed by atoms with Crippen LogP contribution in [0, 0.1) is 12.8 Å². The molecule has 0 saturated carbocycles. The van der Waals surface area contributed by atoms with Crippen LogP contribution in [0.3, 0.4) is 0 Å². The number of anilines is 1. The number of hydrogen-bond acceptors (Lipinski definition) is 3. The van der Waals surface area contributed by atoms with Gasteiger partial charge in [-0.1, -0.05) is 0 Å². The fraction of sp³-hybridized carbons (Fsp3) is 0.500. The van der Waals surface area contributed by atoms with E-state index in [4.69, 9.17) is 4.74 Å². The number of pyridine rings is 1. The predicted octanol–water partition coefficient (Wildman–Crippen LogP) is 2.52. The number of nitrogens with zero attached hydrogens (tertiary/aromatic N) is 1. The van der Waals surface area contributed by atoms with Crippen molar-refractivity contribution in [3.05, 3.63) is 22.3 Å². The third-order valence-electron chi connectivity index (χ3n) is 2.80. The Bertz CT molecular complexity index is 417. The van der Waals surface area contributed by atoms with E-state index in [1.54, 1.807) is 6.07 Å². The minimum Gasteiger partial charge on any atom is -0.381 e. The molecule has 1 fully saturated rings. The van der Waals surface area contributed by atoms with Crippen molar-refractivity contribution in [1.82, 2.24) is 4.98 Å². The molecule has 1 aliphatic rings. The number of aromatic nitrogens is 1. The van der Waals surface area contributed by atoms with Crippen molar-refractivity contribution in [2.75, 3.05) is 18.5 Å². The van der Waals surface area contributed by atoms with Crippen LogP contribution >= 0.6 is 15.9 Å². The van der Waals surface area contributed by atoms with Crippen molar-refractivity contribution >= 4 is 27.7 Å². The zero-order valence-corrected chi connectivity index (χ0v) is 11.3. The van der Waals surface area contributed by atoms with Gasteiger partial charge in [0.15, 0.2) is 0 Å². The number of rotatable bonds is 2. The van der Waals surface area contributed by atoms with Gasteiger partial charge in [0.1, 0.15) is 5.82 Å². The van der Waals surface area contributed by atoms with Crippen molar-refractivity contribution < 1.29 is 9.53 Å². The Morgan fingerprint density at radius 3 is 3.06 bits per heavy atom. The zero-order valence-electron chi connectivity index (χ0n) is 9.70. The first-order chi connectivity index (χ1) is 8.16. The molecule has 2 rings (SSSR count). The van der Waals surface area contributed by atoms with Crippen LogP contribution in [0.25, 0.3) is 0 Å². The van der Waals surface area contributed by atoms with Crippen molar-refractivity contribution in [3.8, 4) is 0 Å². The van der Waals surface area contributed by atoms with E-state index in [1.807, 2.05) is 13.0 Å². The first-order valence-corrected chi connectivity index (χ1v) is 6.48. The van der Waals surface area contributed by atoms with Gasteiger partial charge in [0.25, 0.3) is 0 Å². The van der Waals surface area contributed by atoms with E-state index in [-0.39, 0.29) is 11.8 Å². The van der Waals surface area contributed by atoms with Crippen molar-refractivity contribution in [2.45, 2.75) is 19.8 Å². The molecule has 0 aliphatic carbocycles. The highest BCUT2D eigenvalue weighted by Gasteiger charge is 2.22. The quantitative estimate of drug-likeness (QED) is 0.913. The van der Waals surface area contributed by atoms with E-state index >= 15 is 0 Å². The fourth-order valence-electron chi connectivity index (χ4n) is 1.79. The molecule has 5 heteroatoms. The van der Waals surface area contributed by atoms with Crippen LogP contribution < -0.4 is 5.32 Å². The summed E-state index contributed by atoms with van der Waals surface area (Å²) in [6, 6.07) is 3.67. The number of carbonyl (C=O) groups is 1. The summed E-state index contributed by atoms with van der Waals surface area (Å²) >= 11 is 3.38. The van der Waals surface area contributed by atoms with Crippen LogP contribution in [0.4, 0.5) is 5.82 Å². The summed E-state index contributed by atoms with van der Waals surface area (Å²) in [6.07, 6.45) is 1.84. The van der Waals surface area contributed by atoms with Gasteiger partial charge in [0.2, 0.25) is 5.91 Å². The lowest BCUT2D eigenvalue weighted by molar-refractivity contribution is -0.123. The number of ether oxygens (including phenoxy) is 1. The summed E-state index contributed by atoms with van der Waals surface area (Å²) in [5.74, 6) is 0.551. The second kappa shape index (κ2) is 5.60. The Kier molecular flexibility index (Phi) is 4.12. The number of aryl methyl sites for hydroxylation is 1. The van der Waals surface area contributed by atoms with Crippen molar-refractivity contribution in [3.63, 3.8) is 0 Å². The number of halogens is 1. The van der Waals surface area contributed by atoms with Crippen LogP contribution in [-0.2, 0) is 9.53 Å². The van der Waals surface area contributed by atoms with Gasteiger partial charge >= 0.3 is 0 Å². The summed E-state index contributed by atoms with van der Waals surface area (Å²) in [6.45, 7) is 3.17. The Morgan fingerprint density at radius 1 is 1.59 bits per heavy atom. The summed E-state index contributed by atoms with van der Waals surface area (Å²) in [5, 5.41) is 2.83. The maximum Gasteiger partial charge on any atom is 0.230 e. The molecular formula is C12H15BrN2O2. The number of amides is 1. The molecule has 0 spiro atoms. The molecule has 1 aliphatic heterocycles. The molecule has 17 heavy (non-hydrogen) atoms. The van der Waals surface area contributed by atoms with Crippen LogP contribution in [0.5, 0.6) is 0 Å². The molecule has 0 radical (unpaired) electrons. The van der Waals surface area contributed by atoms with Gasteiger partial charge in [0, 0.05) is 11.1 Å². The van der Waals surface area contributed by atoms with E-state index in [0.717, 1.165) is 29.6 Å². The number of hydrogen-bond donors (Lipinski definition) is 1. The standard InChI is InChI=1S/C12H15BrN2O2/c1-8-10(13)4-5-11(14-8)15-12(16)9-3-2-6-17-7-9/h4-5,9H,2-3,6-7H2,1H3,(H,14,15,16). The van der Waals surface area contributed by atoms with Gasteiger partial charge in [-0.15, -0.1) is 0 Å². The summed E-state index contributed by atoms with van der Waals surface area (Å²) in [4.78, 5) is 16.2. The third kappa shape index (κ3) is 3.26. The van der Waals surface area contributed by atoms with E-state index in [0.29, 0.717) is 12.4 Å². The van der Waals surface area contributed by atoms with E-state index in [9.17, 15) is 4.79 Å². The first-order valence-electron chi connectivity index (χ1n) is 5.68. The molecule has 1 saturated heterocycles. The number of carbonyl (C=O) groups excluding carboxylic acids is 1. The fourth-order valence-corrected chi connectivity index (χ4v) is 2.01.